The Balaban J connectivity index is 1.95. The maximum absolute atomic E-state index is 12.8. The molecule has 1 N–H and O–H groups in total. The van der Waals surface area contributed by atoms with Crippen LogP contribution in [0.15, 0.2) is 0 Å². The molecule has 1 nitrogen and oxygen atoms in total. The van der Waals surface area contributed by atoms with E-state index in [9.17, 15) is 13.2 Å². The lowest BCUT2D eigenvalue weighted by Crippen LogP contribution is -2.51. The molecule has 0 bridgehead atoms. The molecule has 2 atom stereocenters. The summed E-state index contributed by atoms with van der Waals surface area (Å²) in [4.78, 5) is 0. The van der Waals surface area contributed by atoms with Gasteiger partial charge >= 0.3 is 6.18 Å². The quantitative estimate of drug-likeness (QED) is 0.772. The zero-order valence-corrected chi connectivity index (χ0v) is 9.90. The van der Waals surface area contributed by atoms with Crippen molar-refractivity contribution in [2.75, 3.05) is 0 Å². The van der Waals surface area contributed by atoms with Gasteiger partial charge in [0.2, 0.25) is 0 Å². The molecule has 0 amide bonds. The van der Waals surface area contributed by atoms with E-state index in [1.165, 1.54) is 0 Å². The molecule has 2 rings (SSSR count). The van der Waals surface area contributed by atoms with E-state index in [4.69, 9.17) is 0 Å². The first-order valence-corrected chi connectivity index (χ1v) is 6.17. The van der Waals surface area contributed by atoms with Crippen molar-refractivity contribution < 1.29 is 13.2 Å². The van der Waals surface area contributed by atoms with Gasteiger partial charge in [-0.2, -0.15) is 13.2 Å². The highest BCUT2D eigenvalue weighted by molar-refractivity contribution is 5.09. The van der Waals surface area contributed by atoms with Crippen molar-refractivity contribution in [2.24, 2.45) is 11.8 Å². The molecule has 2 unspecified atom stereocenters. The minimum absolute atomic E-state index is 0.0582. The molecule has 2 aliphatic carbocycles. The Morgan fingerprint density at radius 2 is 1.50 bits per heavy atom. The van der Waals surface area contributed by atoms with E-state index in [2.05, 4.69) is 19.2 Å². The van der Waals surface area contributed by atoms with Gasteiger partial charge in [0.15, 0.2) is 0 Å². The van der Waals surface area contributed by atoms with Crippen LogP contribution in [0, 0.1) is 11.8 Å². The molecular weight excluding hydrogens is 215 g/mol. The molecule has 0 heterocycles. The SMILES string of the molecule is CC1CC(C)CC(NC2(C(F)(F)F)CC2)C1. The van der Waals surface area contributed by atoms with Gasteiger partial charge in [0, 0.05) is 6.04 Å². The van der Waals surface area contributed by atoms with Crippen LogP contribution in [0.1, 0.15) is 46.0 Å². The molecule has 0 aliphatic heterocycles. The zero-order valence-electron chi connectivity index (χ0n) is 9.90. The highest BCUT2D eigenvalue weighted by atomic mass is 19.4. The van der Waals surface area contributed by atoms with Crippen molar-refractivity contribution in [3.63, 3.8) is 0 Å². The Hall–Kier alpha value is -0.250. The van der Waals surface area contributed by atoms with Gasteiger partial charge in [-0.1, -0.05) is 13.8 Å². The molecular formula is C12H20F3N. The highest BCUT2D eigenvalue weighted by Gasteiger charge is 2.63. The van der Waals surface area contributed by atoms with E-state index in [0.717, 1.165) is 19.3 Å². The van der Waals surface area contributed by atoms with Crippen LogP contribution in [0.2, 0.25) is 0 Å². The Labute approximate surface area is 94.8 Å². The van der Waals surface area contributed by atoms with Gasteiger partial charge in [-0.05, 0) is 43.9 Å². The third-order valence-corrected chi connectivity index (χ3v) is 3.95. The van der Waals surface area contributed by atoms with Crippen molar-refractivity contribution in [1.82, 2.24) is 5.32 Å². The first kappa shape index (κ1) is 12.2. The maximum Gasteiger partial charge on any atom is 0.406 e. The van der Waals surface area contributed by atoms with E-state index in [0.29, 0.717) is 11.8 Å². The fourth-order valence-corrected chi connectivity index (χ4v) is 3.09. The smallest absolute Gasteiger partial charge is 0.301 e. The van der Waals surface area contributed by atoms with E-state index in [1.807, 2.05) is 0 Å². The summed E-state index contributed by atoms with van der Waals surface area (Å²) in [5.41, 5.74) is -1.53. The van der Waals surface area contributed by atoms with Crippen LogP contribution in [0.4, 0.5) is 13.2 Å². The summed E-state index contributed by atoms with van der Waals surface area (Å²) < 4.78 is 38.3. The summed E-state index contributed by atoms with van der Waals surface area (Å²) >= 11 is 0. The average Bonchev–Trinajstić information content (AvgIpc) is 2.81. The molecule has 0 aromatic heterocycles. The molecule has 2 fully saturated rings. The molecule has 0 radical (unpaired) electrons. The Morgan fingerprint density at radius 3 is 1.88 bits per heavy atom. The van der Waals surface area contributed by atoms with Crippen LogP contribution in [-0.4, -0.2) is 17.8 Å². The summed E-state index contributed by atoms with van der Waals surface area (Å²) in [5, 5.41) is 2.88. The molecule has 94 valence electrons. The van der Waals surface area contributed by atoms with Crippen molar-refractivity contribution in [3.8, 4) is 0 Å². The van der Waals surface area contributed by atoms with Crippen LogP contribution >= 0.6 is 0 Å². The number of nitrogens with one attached hydrogen (secondary N) is 1. The van der Waals surface area contributed by atoms with Gasteiger partial charge in [-0.3, -0.25) is 0 Å². The van der Waals surface area contributed by atoms with Crippen LogP contribution in [0.25, 0.3) is 0 Å². The third kappa shape index (κ3) is 2.36. The predicted molar refractivity (Wildman–Crippen MR) is 57.1 cm³/mol. The van der Waals surface area contributed by atoms with Crippen molar-refractivity contribution in [3.05, 3.63) is 0 Å². The Kier molecular flexibility index (Phi) is 2.97. The largest absolute Gasteiger partial charge is 0.406 e. The lowest BCUT2D eigenvalue weighted by Gasteiger charge is -2.35. The number of halogens is 3. The number of hydrogen-bond acceptors (Lipinski definition) is 1. The highest BCUT2D eigenvalue weighted by Crippen LogP contribution is 2.50. The van der Waals surface area contributed by atoms with Gasteiger partial charge < -0.3 is 5.32 Å². The van der Waals surface area contributed by atoms with Crippen LogP contribution in [0.5, 0.6) is 0 Å². The number of rotatable bonds is 2. The summed E-state index contributed by atoms with van der Waals surface area (Å²) in [6.07, 6.45) is -0.621. The standard InChI is InChI=1S/C12H20F3N/c1-8-5-9(2)7-10(6-8)16-11(3-4-11)12(13,14)15/h8-10,16H,3-7H2,1-2H3. The number of alkyl halides is 3. The van der Waals surface area contributed by atoms with Gasteiger partial charge in [-0.25, -0.2) is 0 Å². The molecule has 0 spiro atoms. The molecule has 0 aromatic rings. The van der Waals surface area contributed by atoms with Gasteiger partial charge in [-0.15, -0.1) is 0 Å². The van der Waals surface area contributed by atoms with Gasteiger partial charge in [0.1, 0.15) is 5.54 Å². The molecule has 0 aromatic carbocycles. The monoisotopic (exact) mass is 235 g/mol. The molecule has 16 heavy (non-hydrogen) atoms. The fourth-order valence-electron chi connectivity index (χ4n) is 3.09. The van der Waals surface area contributed by atoms with E-state index < -0.39 is 11.7 Å². The van der Waals surface area contributed by atoms with Gasteiger partial charge in [0.25, 0.3) is 0 Å². The van der Waals surface area contributed by atoms with Crippen molar-refractivity contribution in [1.29, 1.82) is 0 Å². The summed E-state index contributed by atoms with van der Waals surface area (Å²) in [6.45, 7) is 4.27. The summed E-state index contributed by atoms with van der Waals surface area (Å²) in [7, 11) is 0. The summed E-state index contributed by atoms with van der Waals surface area (Å²) in [6, 6.07) is 0.0582. The van der Waals surface area contributed by atoms with Crippen molar-refractivity contribution in [2.45, 2.75) is 63.7 Å². The van der Waals surface area contributed by atoms with Crippen molar-refractivity contribution >= 4 is 0 Å². The Morgan fingerprint density at radius 1 is 1.00 bits per heavy atom. The fraction of sp³-hybridized carbons (Fsp3) is 1.00. The second-order valence-electron chi connectivity index (χ2n) is 5.84. The first-order chi connectivity index (χ1) is 7.32. The lowest BCUT2D eigenvalue weighted by atomic mass is 9.80. The third-order valence-electron chi connectivity index (χ3n) is 3.95. The first-order valence-electron chi connectivity index (χ1n) is 6.17. The van der Waals surface area contributed by atoms with E-state index in [-0.39, 0.29) is 18.9 Å². The second-order valence-corrected chi connectivity index (χ2v) is 5.84. The topological polar surface area (TPSA) is 12.0 Å². The number of hydrogen-bond donors (Lipinski definition) is 1. The van der Waals surface area contributed by atoms with E-state index >= 15 is 0 Å². The van der Waals surface area contributed by atoms with E-state index in [1.54, 1.807) is 0 Å². The molecule has 2 aliphatic rings. The Bertz CT molecular complexity index is 247. The normalized spacial score (nSPS) is 38.4. The van der Waals surface area contributed by atoms with Crippen LogP contribution in [0.3, 0.4) is 0 Å². The van der Waals surface area contributed by atoms with Crippen LogP contribution in [-0.2, 0) is 0 Å². The summed E-state index contributed by atoms with van der Waals surface area (Å²) in [5.74, 6) is 1.09. The van der Waals surface area contributed by atoms with Gasteiger partial charge in [0.05, 0.1) is 0 Å². The molecule has 0 saturated heterocycles. The lowest BCUT2D eigenvalue weighted by molar-refractivity contribution is -0.169. The van der Waals surface area contributed by atoms with Crippen LogP contribution < -0.4 is 5.32 Å². The molecule has 4 heteroatoms. The minimum Gasteiger partial charge on any atom is -0.301 e. The maximum atomic E-state index is 12.8. The predicted octanol–water partition coefficient (Wildman–Crippen LogP) is 3.50. The minimum atomic E-state index is -4.07. The average molecular weight is 235 g/mol. The zero-order chi connectivity index (χ0) is 12.0. The molecule has 2 saturated carbocycles. The second kappa shape index (κ2) is 3.90.